The lowest BCUT2D eigenvalue weighted by atomic mass is 9.88. The summed E-state index contributed by atoms with van der Waals surface area (Å²) in [5.74, 6) is 0. The molecule has 15 heavy (non-hydrogen) atoms. The monoisotopic (exact) mass is 206 g/mol. The molecule has 0 spiro atoms. The molecule has 0 aromatic heterocycles. The van der Waals surface area contributed by atoms with Crippen molar-refractivity contribution in [2.75, 3.05) is 14.1 Å². The molecule has 0 radical (unpaired) electrons. The van der Waals surface area contributed by atoms with Crippen molar-refractivity contribution in [3.05, 3.63) is 35.4 Å². The van der Waals surface area contributed by atoms with Crippen molar-refractivity contribution in [1.29, 1.82) is 0 Å². The summed E-state index contributed by atoms with van der Waals surface area (Å²) in [5.41, 5.74) is 2.67. The molecule has 1 unspecified atom stereocenters. The summed E-state index contributed by atoms with van der Waals surface area (Å²) < 4.78 is 0. The summed E-state index contributed by atoms with van der Waals surface area (Å²) in [6.45, 7) is 6.52. The number of hydrogen-bond donors (Lipinski definition) is 2. The third-order valence-electron chi connectivity index (χ3n) is 3.07. The van der Waals surface area contributed by atoms with Crippen molar-refractivity contribution in [3.8, 4) is 0 Å². The average molecular weight is 206 g/mol. The minimum atomic E-state index is 0.0456. The van der Waals surface area contributed by atoms with E-state index in [1.807, 2.05) is 14.1 Å². The van der Waals surface area contributed by atoms with Gasteiger partial charge in [0.25, 0.3) is 0 Å². The van der Waals surface area contributed by atoms with E-state index in [-0.39, 0.29) is 5.54 Å². The van der Waals surface area contributed by atoms with E-state index in [0.29, 0.717) is 6.04 Å². The van der Waals surface area contributed by atoms with Crippen LogP contribution in [-0.2, 0) is 0 Å². The summed E-state index contributed by atoms with van der Waals surface area (Å²) in [4.78, 5) is 0. The smallest absolute Gasteiger partial charge is 0.0497 e. The number of nitrogens with one attached hydrogen (secondary N) is 2. The highest BCUT2D eigenvalue weighted by atomic mass is 15.0. The fraction of sp³-hybridized carbons (Fsp3) is 0.538. The van der Waals surface area contributed by atoms with Crippen LogP contribution in [-0.4, -0.2) is 19.6 Å². The van der Waals surface area contributed by atoms with E-state index in [0.717, 1.165) is 0 Å². The molecule has 84 valence electrons. The molecule has 0 amide bonds. The predicted octanol–water partition coefficient (Wildman–Crippen LogP) is 2.25. The molecular formula is C13H22N2. The van der Waals surface area contributed by atoms with Gasteiger partial charge in [0.1, 0.15) is 0 Å². The molecule has 0 saturated heterocycles. The Morgan fingerprint density at radius 3 is 2.00 bits per heavy atom. The van der Waals surface area contributed by atoms with Crippen LogP contribution in [0.5, 0.6) is 0 Å². The van der Waals surface area contributed by atoms with Crippen molar-refractivity contribution < 1.29 is 0 Å². The zero-order valence-corrected chi connectivity index (χ0v) is 10.4. The molecule has 1 aromatic carbocycles. The Balaban J connectivity index is 2.97. The lowest BCUT2D eigenvalue weighted by molar-refractivity contribution is 0.311. The normalized spacial score (nSPS) is 13.9. The second-order valence-corrected chi connectivity index (χ2v) is 4.60. The average Bonchev–Trinajstić information content (AvgIpc) is 2.22. The second-order valence-electron chi connectivity index (χ2n) is 4.60. The molecule has 1 rings (SSSR count). The molecule has 1 aromatic rings. The molecule has 0 heterocycles. The standard InChI is InChI=1S/C13H22N2/c1-10-6-8-11(9-7-10)12(14-4)13(2,3)15-5/h6-9,12,14-15H,1-5H3. The maximum atomic E-state index is 3.37. The zero-order valence-electron chi connectivity index (χ0n) is 10.4. The van der Waals surface area contributed by atoms with E-state index in [9.17, 15) is 0 Å². The minimum Gasteiger partial charge on any atom is -0.313 e. The van der Waals surface area contributed by atoms with E-state index < -0.39 is 0 Å². The number of hydrogen-bond acceptors (Lipinski definition) is 2. The number of likely N-dealkylation sites (N-methyl/N-ethyl adjacent to an activating group) is 2. The second kappa shape index (κ2) is 4.77. The summed E-state index contributed by atoms with van der Waals surface area (Å²) in [7, 11) is 4.00. The Morgan fingerprint density at radius 1 is 1.07 bits per heavy atom. The Morgan fingerprint density at radius 2 is 1.60 bits per heavy atom. The van der Waals surface area contributed by atoms with Crippen molar-refractivity contribution in [3.63, 3.8) is 0 Å². The lowest BCUT2D eigenvalue weighted by Gasteiger charge is -2.34. The molecule has 2 nitrogen and oxygen atoms in total. The van der Waals surface area contributed by atoms with Crippen LogP contribution in [0.3, 0.4) is 0 Å². The topological polar surface area (TPSA) is 24.1 Å². The molecule has 0 bridgehead atoms. The number of rotatable bonds is 4. The van der Waals surface area contributed by atoms with Gasteiger partial charge in [-0.15, -0.1) is 0 Å². The highest BCUT2D eigenvalue weighted by molar-refractivity contribution is 5.26. The quantitative estimate of drug-likeness (QED) is 0.789. The van der Waals surface area contributed by atoms with Crippen LogP contribution < -0.4 is 10.6 Å². The van der Waals surface area contributed by atoms with Gasteiger partial charge in [-0.3, -0.25) is 0 Å². The van der Waals surface area contributed by atoms with Crippen molar-refractivity contribution in [2.45, 2.75) is 32.4 Å². The highest BCUT2D eigenvalue weighted by Crippen LogP contribution is 2.24. The van der Waals surface area contributed by atoms with E-state index in [1.54, 1.807) is 0 Å². The predicted molar refractivity (Wildman–Crippen MR) is 66.1 cm³/mol. The van der Waals surface area contributed by atoms with Crippen molar-refractivity contribution >= 4 is 0 Å². The van der Waals surface area contributed by atoms with E-state index >= 15 is 0 Å². The first kappa shape index (κ1) is 12.2. The third kappa shape index (κ3) is 2.80. The van der Waals surface area contributed by atoms with Gasteiger partial charge < -0.3 is 10.6 Å². The van der Waals surface area contributed by atoms with Gasteiger partial charge in [-0.2, -0.15) is 0 Å². The fourth-order valence-electron chi connectivity index (χ4n) is 1.85. The molecule has 0 fully saturated rings. The van der Waals surface area contributed by atoms with Crippen LogP contribution >= 0.6 is 0 Å². The van der Waals surface area contributed by atoms with Crippen molar-refractivity contribution in [2.24, 2.45) is 0 Å². The number of benzene rings is 1. The molecular weight excluding hydrogens is 184 g/mol. The van der Waals surface area contributed by atoms with Gasteiger partial charge in [0.05, 0.1) is 0 Å². The summed E-state index contributed by atoms with van der Waals surface area (Å²) in [6, 6.07) is 9.02. The third-order valence-corrected chi connectivity index (χ3v) is 3.07. The highest BCUT2D eigenvalue weighted by Gasteiger charge is 2.27. The summed E-state index contributed by atoms with van der Waals surface area (Å²) in [6.07, 6.45) is 0. The van der Waals surface area contributed by atoms with Gasteiger partial charge in [0.15, 0.2) is 0 Å². The molecule has 0 aliphatic carbocycles. The van der Waals surface area contributed by atoms with Crippen LogP contribution in [0, 0.1) is 6.92 Å². The Labute approximate surface area is 93.1 Å². The van der Waals surface area contributed by atoms with Crippen LogP contribution in [0.25, 0.3) is 0 Å². The minimum absolute atomic E-state index is 0.0456. The van der Waals surface area contributed by atoms with E-state index in [2.05, 4.69) is 55.7 Å². The first-order chi connectivity index (χ1) is 7.01. The van der Waals surface area contributed by atoms with Crippen LogP contribution in [0.15, 0.2) is 24.3 Å². The maximum Gasteiger partial charge on any atom is 0.0497 e. The molecule has 0 aliphatic rings. The van der Waals surface area contributed by atoms with Gasteiger partial charge in [-0.05, 0) is 40.4 Å². The van der Waals surface area contributed by atoms with E-state index in [4.69, 9.17) is 0 Å². The molecule has 2 N–H and O–H groups in total. The Hall–Kier alpha value is -0.860. The SMILES string of the molecule is CNC(c1ccc(C)cc1)C(C)(C)NC. The molecule has 0 saturated carbocycles. The maximum absolute atomic E-state index is 3.37. The zero-order chi connectivity index (χ0) is 11.5. The van der Waals surface area contributed by atoms with Gasteiger partial charge in [0, 0.05) is 11.6 Å². The van der Waals surface area contributed by atoms with Crippen LogP contribution in [0.2, 0.25) is 0 Å². The largest absolute Gasteiger partial charge is 0.313 e. The van der Waals surface area contributed by atoms with Crippen LogP contribution in [0.4, 0.5) is 0 Å². The molecule has 0 aliphatic heterocycles. The van der Waals surface area contributed by atoms with Crippen LogP contribution in [0.1, 0.15) is 31.0 Å². The number of aryl methyl sites for hydroxylation is 1. The summed E-state index contributed by atoms with van der Waals surface area (Å²) >= 11 is 0. The Kier molecular flexibility index (Phi) is 3.89. The van der Waals surface area contributed by atoms with Gasteiger partial charge >= 0.3 is 0 Å². The first-order valence-corrected chi connectivity index (χ1v) is 5.44. The summed E-state index contributed by atoms with van der Waals surface area (Å²) in [5, 5.41) is 6.71. The fourth-order valence-corrected chi connectivity index (χ4v) is 1.85. The lowest BCUT2D eigenvalue weighted by Crippen LogP contribution is -2.47. The molecule has 2 heteroatoms. The van der Waals surface area contributed by atoms with E-state index in [1.165, 1.54) is 11.1 Å². The van der Waals surface area contributed by atoms with Gasteiger partial charge in [0.2, 0.25) is 0 Å². The van der Waals surface area contributed by atoms with Gasteiger partial charge in [-0.25, -0.2) is 0 Å². The first-order valence-electron chi connectivity index (χ1n) is 5.44. The van der Waals surface area contributed by atoms with Gasteiger partial charge in [-0.1, -0.05) is 29.8 Å². The Bertz CT molecular complexity index is 301. The molecule has 1 atom stereocenters. The van der Waals surface area contributed by atoms with Crippen molar-refractivity contribution in [1.82, 2.24) is 10.6 Å².